The summed E-state index contributed by atoms with van der Waals surface area (Å²) in [4.78, 5) is 12.4. The molecule has 2 aromatic carbocycles. The van der Waals surface area contributed by atoms with Crippen molar-refractivity contribution in [3.8, 4) is 0 Å². The number of nitrogens with zero attached hydrogens (tertiary/aromatic N) is 1. The SMILES string of the molecule is O=C(Nc1cc(F)ccc1F)c1ccc(Cl)c(N2CCCCS2(=O)=O)c1. The van der Waals surface area contributed by atoms with Crippen LogP contribution in [0.25, 0.3) is 0 Å². The Bertz CT molecular complexity index is 966. The molecule has 9 heteroatoms. The van der Waals surface area contributed by atoms with Crippen LogP contribution in [0.2, 0.25) is 5.02 Å². The van der Waals surface area contributed by atoms with Gasteiger partial charge in [-0.3, -0.25) is 9.10 Å². The van der Waals surface area contributed by atoms with Crippen molar-refractivity contribution in [2.75, 3.05) is 21.9 Å². The van der Waals surface area contributed by atoms with Crippen LogP contribution in [0.4, 0.5) is 20.2 Å². The lowest BCUT2D eigenvalue weighted by Crippen LogP contribution is -2.38. The van der Waals surface area contributed by atoms with Gasteiger partial charge in [-0.05, 0) is 43.2 Å². The highest BCUT2D eigenvalue weighted by Crippen LogP contribution is 2.32. The third-order valence-electron chi connectivity index (χ3n) is 4.00. The van der Waals surface area contributed by atoms with Gasteiger partial charge in [-0.1, -0.05) is 11.6 Å². The van der Waals surface area contributed by atoms with Crippen molar-refractivity contribution in [1.82, 2.24) is 0 Å². The molecule has 0 unspecified atom stereocenters. The molecule has 1 aliphatic heterocycles. The highest BCUT2D eigenvalue weighted by atomic mass is 35.5. The highest BCUT2D eigenvalue weighted by Gasteiger charge is 2.28. The van der Waals surface area contributed by atoms with E-state index in [4.69, 9.17) is 11.6 Å². The first kappa shape index (κ1) is 18.6. The largest absolute Gasteiger partial charge is 0.319 e. The normalized spacial score (nSPS) is 16.3. The fraction of sp³-hybridized carbons (Fsp3) is 0.235. The van der Waals surface area contributed by atoms with Crippen molar-refractivity contribution < 1.29 is 22.0 Å². The van der Waals surface area contributed by atoms with Crippen molar-refractivity contribution in [3.63, 3.8) is 0 Å². The van der Waals surface area contributed by atoms with Crippen LogP contribution < -0.4 is 9.62 Å². The monoisotopic (exact) mass is 400 g/mol. The van der Waals surface area contributed by atoms with Crippen LogP contribution in [0.15, 0.2) is 36.4 Å². The lowest BCUT2D eigenvalue weighted by atomic mass is 10.1. The highest BCUT2D eigenvalue weighted by molar-refractivity contribution is 7.92. The Morgan fingerprint density at radius 2 is 1.88 bits per heavy atom. The predicted molar refractivity (Wildman–Crippen MR) is 96.1 cm³/mol. The van der Waals surface area contributed by atoms with Crippen LogP contribution in [-0.2, 0) is 10.0 Å². The standard InChI is InChI=1S/C17H15ClF2N2O3S/c18-13-5-3-11(9-16(13)22-7-1-2-8-26(22,24)25)17(23)21-15-10-12(19)4-6-14(15)20/h3-6,9-10H,1-2,7-8H2,(H,21,23). The molecule has 0 aromatic heterocycles. The molecule has 138 valence electrons. The number of benzene rings is 2. The van der Waals surface area contributed by atoms with E-state index >= 15 is 0 Å². The number of amides is 1. The van der Waals surface area contributed by atoms with Crippen molar-refractivity contribution in [3.05, 3.63) is 58.6 Å². The molecule has 1 amide bonds. The van der Waals surface area contributed by atoms with Gasteiger partial charge in [0.15, 0.2) is 0 Å². The first-order chi connectivity index (χ1) is 12.3. The van der Waals surface area contributed by atoms with Gasteiger partial charge >= 0.3 is 0 Å². The molecule has 1 N–H and O–H groups in total. The number of nitrogens with one attached hydrogen (secondary N) is 1. The van der Waals surface area contributed by atoms with Crippen LogP contribution in [0.5, 0.6) is 0 Å². The Kier molecular flexibility index (Phi) is 5.15. The zero-order valence-electron chi connectivity index (χ0n) is 13.5. The Hall–Kier alpha value is -2.19. The predicted octanol–water partition coefficient (Wildman–Crippen LogP) is 3.80. The number of carbonyl (C=O) groups is 1. The summed E-state index contributed by atoms with van der Waals surface area (Å²) in [5.74, 6) is -2.18. The summed E-state index contributed by atoms with van der Waals surface area (Å²) in [5, 5.41) is 2.46. The average molecular weight is 401 g/mol. The Balaban J connectivity index is 1.92. The molecule has 1 saturated heterocycles. The van der Waals surface area contributed by atoms with E-state index in [-0.39, 0.29) is 34.3 Å². The van der Waals surface area contributed by atoms with Crippen molar-refractivity contribution >= 4 is 38.9 Å². The number of hydrogen-bond donors (Lipinski definition) is 1. The van der Waals surface area contributed by atoms with Gasteiger partial charge in [0, 0.05) is 18.2 Å². The molecule has 1 aliphatic rings. The minimum absolute atomic E-state index is 0.00819. The van der Waals surface area contributed by atoms with Crippen LogP contribution in [-0.4, -0.2) is 26.6 Å². The second kappa shape index (κ2) is 7.20. The summed E-state index contributed by atoms with van der Waals surface area (Å²) in [7, 11) is -3.51. The molecule has 3 rings (SSSR count). The summed E-state index contributed by atoms with van der Waals surface area (Å²) in [5.41, 5.74) is -0.0374. The number of sulfonamides is 1. The Morgan fingerprint density at radius 1 is 1.12 bits per heavy atom. The van der Waals surface area contributed by atoms with Gasteiger partial charge in [0.05, 0.1) is 22.2 Å². The van der Waals surface area contributed by atoms with E-state index in [2.05, 4.69) is 5.32 Å². The van der Waals surface area contributed by atoms with E-state index in [1.54, 1.807) is 0 Å². The second-order valence-electron chi connectivity index (χ2n) is 5.84. The molecular formula is C17H15ClF2N2O3S. The second-order valence-corrected chi connectivity index (χ2v) is 8.26. The molecule has 0 saturated carbocycles. The molecule has 5 nitrogen and oxygen atoms in total. The van der Waals surface area contributed by atoms with Gasteiger partial charge in [-0.25, -0.2) is 17.2 Å². The first-order valence-electron chi connectivity index (χ1n) is 7.84. The molecule has 26 heavy (non-hydrogen) atoms. The number of rotatable bonds is 3. The van der Waals surface area contributed by atoms with Gasteiger partial charge in [0.2, 0.25) is 10.0 Å². The zero-order valence-corrected chi connectivity index (χ0v) is 15.1. The Labute approximate surface area is 154 Å². The third kappa shape index (κ3) is 3.81. The molecule has 0 bridgehead atoms. The number of carbonyl (C=O) groups excluding carboxylic acids is 1. The average Bonchev–Trinajstić information content (AvgIpc) is 2.58. The molecule has 2 aromatic rings. The van der Waals surface area contributed by atoms with Crippen molar-refractivity contribution in [2.45, 2.75) is 12.8 Å². The lowest BCUT2D eigenvalue weighted by Gasteiger charge is -2.29. The maximum Gasteiger partial charge on any atom is 0.255 e. The molecule has 0 atom stereocenters. The maximum atomic E-state index is 13.7. The fourth-order valence-corrected chi connectivity index (χ4v) is 4.61. The van der Waals surface area contributed by atoms with E-state index in [1.807, 2.05) is 0 Å². The maximum absolute atomic E-state index is 13.7. The van der Waals surface area contributed by atoms with E-state index in [1.165, 1.54) is 22.5 Å². The van der Waals surface area contributed by atoms with Gasteiger partial charge in [0.1, 0.15) is 11.6 Å². The lowest BCUT2D eigenvalue weighted by molar-refractivity contribution is 0.102. The minimum atomic E-state index is -3.51. The summed E-state index contributed by atoms with van der Waals surface area (Å²) in [6.07, 6.45) is 1.25. The van der Waals surface area contributed by atoms with Gasteiger partial charge in [0.25, 0.3) is 5.91 Å². The van der Waals surface area contributed by atoms with Crippen molar-refractivity contribution in [2.24, 2.45) is 0 Å². The van der Waals surface area contributed by atoms with Gasteiger partial charge in [-0.2, -0.15) is 0 Å². The molecule has 0 aliphatic carbocycles. The van der Waals surface area contributed by atoms with Crippen LogP contribution in [0.3, 0.4) is 0 Å². The topological polar surface area (TPSA) is 66.5 Å². The number of anilines is 2. The van der Waals surface area contributed by atoms with E-state index in [0.29, 0.717) is 12.8 Å². The summed E-state index contributed by atoms with van der Waals surface area (Å²) in [6.45, 7) is 0.269. The molecule has 0 spiro atoms. The smallest absolute Gasteiger partial charge is 0.255 e. The molecule has 1 fully saturated rings. The Morgan fingerprint density at radius 3 is 2.62 bits per heavy atom. The van der Waals surface area contributed by atoms with Gasteiger partial charge in [-0.15, -0.1) is 0 Å². The summed E-state index contributed by atoms with van der Waals surface area (Å²) >= 11 is 6.12. The van der Waals surface area contributed by atoms with E-state index in [0.717, 1.165) is 18.2 Å². The van der Waals surface area contributed by atoms with Crippen LogP contribution in [0.1, 0.15) is 23.2 Å². The summed E-state index contributed by atoms with van der Waals surface area (Å²) in [6, 6.07) is 6.81. The summed E-state index contributed by atoms with van der Waals surface area (Å²) < 4.78 is 52.6. The van der Waals surface area contributed by atoms with E-state index < -0.39 is 27.6 Å². The minimum Gasteiger partial charge on any atom is -0.319 e. The number of hydrogen-bond acceptors (Lipinski definition) is 3. The van der Waals surface area contributed by atoms with Gasteiger partial charge < -0.3 is 5.32 Å². The van der Waals surface area contributed by atoms with Crippen molar-refractivity contribution in [1.29, 1.82) is 0 Å². The third-order valence-corrected chi connectivity index (χ3v) is 6.18. The van der Waals surface area contributed by atoms with Crippen LogP contribution in [0, 0.1) is 11.6 Å². The van der Waals surface area contributed by atoms with Crippen LogP contribution >= 0.6 is 11.6 Å². The molecule has 1 heterocycles. The zero-order chi connectivity index (χ0) is 18.9. The quantitative estimate of drug-likeness (QED) is 0.852. The van der Waals surface area contributed by atoms with E-state index in [9.17, 15) is 22.0 Å². The fourth-order valence-electron chi connectivity index (χ4n) is 2.69. The molecular weight excluding hydrogens is 386 g/mol. The molecule has 0 radical (unpaired) electrons. The number of halogens is 3. The first-order valence-corrected chi connectivity index (χ1v) is 9.83.